The number of benzene rings is 8. The largest absolute Gasteiger partial charge is 0.603 e. The van der Waals surface area contributed by atoms with Gasteiger partial charge >= 0.3 is 0 Å². The first-order valence-electron chi connectivity index (χ1n) is 22.7. The maximum Gasteiger partial charge on any atom is 0.256 e. The van der Waals surface area contributed by atoms with Crippen molar-refractivity contribution in [1.82, 2.24) is 0 Å². The number of nitrogens with zero attached hydrogens (tertiary/aromatic N) is 8. The van der Waals surface area contributed by atoms with Crippen LogP contribution in [0.15, 0.2) is 273 Å². The molecule has 0 aromatic heterocycles. The Hall–Kier alpha value is -7.12. The highest BCUT2D eigenvalue weighted by molar-refractivity contribution is 8.01. The van der Waals surface area contributed by atoms with Gasteiger partial charge in [0.25, 0.3) is 23.3 Å². The summed E-state index contributed by atoms with van der Waals surface area (Å²) in [7, 11) is -16.6. The van der Waals surface area contributed by atoms with Crippen LogP contribution in [0.2, 0.25) is 0 Å². The topological polar surface area (TPSA) is 191 Å². The van der Waals surface area contributed by atoms with Crippen molar-refractivity contribution in [3.63, 3.8) is 0 Å². The summed E-state index contributed by atoms with van der Waals surface area (Å²) in [6.07, 6.45) is 0. The lowest BCUT2D eigenvalue weighted by molar-refractivity contribution is 0.586. The average molecular weight is 1030 g/mol. The molecule has 8 aromatic rings. The molecule has 0 N–H and O–H groups in total. The number of rotatable bonds is 8. The van der Waals surface area contributed by atoms with E-state index in [1.54, 1.807) is 170 Å². The van der Waals surface area contributed by atoms with E-state index in [9.17, 15) is 0 Å². The van der Waals surface area contributed by atoms with Gasteiger partial charge in [-0.2, -0.15) is 0 Å². The molecule has 72 heavy (non-hydrogen) atoms. The minimum absolute atomic E-state index is 0.142. The molecule has 0 fully saturated rings. The Morgan fingerprint density at radius 3 is 0.569 bits per heavy atom. The van der Waals surface area contributed by atoms with Gasteiger partial charge in [-0.05, 0) is 111 Å². The van der Waals surface area contributed by atoms with Crippen LogP contribution >= 0.6 is 0 Å². The van der Waals surface area contributed by atoms with Gasteiger partial charge in [0, 0.05) is 22.3 Å². The summed E-state index contributed by atoms with van der Waals surface area (Å²) in [5.74, 6) is -0.997. The molecule has 12 nitrogen and oxygen atoms in total. The summed E-state index contributed by atoms with van der Waals surface area (Å²) >= 11 is 0. The Morgan fingerprint density at radius 1 is 0.236 bits per heavy atom. The molecule has 4 atom stereocenters. The van der Waals surface area contributed by atoms with Crippen LogP contribution in [0.4, 0.5) is 0 Å². The normalized spacial score (nSPS) is 24.7. The Labute approximate surface area is 425 Å². The molecule has 0 bridgehead atoms. The molecule has 1 aliphatic heterocycles. The van der Waals surface area contributed by atoms with Crippen LogP contribution in [0.5, 0.6) is 0 Å². The molecule has 0 aliphatic carbocycles. The first-order valence-corrected chi connectivity index (χ1v) is 28.5. The zero-order valence-corrected chi connectivity index (χ0v) is 42.9. The average Bonchev–Trinajstić information content (AvgIpc) is 3.39. The van der Waals surface area contributed by atoms with Crippen molar-refractivity contribution in [2.45, 2.75) is 47.3 Å². The van der Waals surface area contributed by atoms with Crippen LogP contribution in [0, 0.1) is 27.7 Å². The number of hydrogen-bond acceptors (Lipinski definition) is 12. The maximum absolute atomic E-state index is 16.4. The summed E-state index contributed by atoms with van der Waals surface area (Å²) < 4.78 is 105. The van der Waals surface area contributed by atoms with Crippen LogP contribution in [-0.2, 0) is 41.2 Å². The molecule has 16 heteroatoms. The molecule has 8 aromatic carbocycles. The molecule has 0 saturated heterocycles. The van der Waals surface area contributed by atoms with Crippen molar-refractivity contribution in [2.24, 2.45) is 35.0 Å². The molecule has 9 rings (SSSR count). The van der Waals surface area contributed by atoms with Gasteiger partial charge in [-0.25, -0.2) is 0 Å². The molecule has 0 saturated carbocycles. The van der Waals surface area contributed by atoms with Crippen LogP contribution in [0.3, 0.4) is 0 Å². The highest BCUT2D eigenvalue weighted by Crippen LogP contribution is 2.33. The quantitative estimate of drug-likeness (QED) is 0.137. The Morgan fingerprint density at radius 2 is 0.403 bits per heavy atom. The van der Waals surface area contributed by atoms with Gasteiger partial charge in [0.05, 0.1) is 41.2 Å². The lowest BCUT2D eigenvalue weighted by Gasteiger charge is -2.22. The van der Waals surface area contributed by atoms with Crippen molar-refractivity contribution in [1.29, 1.82) is 0 Å². The van der Waals surface area contributed by atoms with E-state index in [-0.39, 0.29) is 42.9 Å². The molecule has 1 heterocycles. The first kappa shape index (κ1) is 49.8. The lowest BCUT2D eigenvalue weighted by Crippen LogP contribution is -2.21. The van der Waals surface area contributed by atoms with E-state index in [0.717, 1.165) is 22.3 Å². The molecule has 0 radical (unpaired) electrons. The summed E-state index contributed by atoms with van der Waals surface area (Å²) in [6, 6.07) is 61.8. The molecule has 360 valence electrons. The van der Waals surface area contributed by atoms with Gasteiger partial charge in [-0.1, -0.05) is 192 Å². The van der Waals surface area contributed by atoms with E-state index in [1.165, 1.54) is 0 Å². The minimum Gasteiger partial charge on any atom is -0.603 e. The van der Waals surface area contributed by atoms with Crippen molar-refractivity contribution in [3.05, 3.63) is 263 Å². The Balaban J connectivity index is 1.56. The van der Waals surface area contributed by atoms with Gasteiger partial charge in [0.1, 0.15) is 0 Å². The summed E-state index contributed by atoms with van der Waals surface area (Å²) in [5, 5.41) is 0. The zero-order valence-electron chi connectivity index (χ0n) is 39.6. The lowest BCUT2D eigenvalue weighted by atomic mass is 10.1. The molecule has 0 amide bonds. The third kappa shape index (κ3) is 11.5. The van der Waals surface area contributed by atoms with Crippen LogP contribution in [0.1, 0.15) is 44.5 Å². The van der Waals surface area contributed by atoms with Gasteiger partial charge in [-0.15, -0.1) is 0 Å². The maximum atomic E-state index is 16.4. The van der Waals surface area contributed by atoms with E-state index in [4.69, 9.17) is 35.0 Å². The van der Waals surface area contributed by atoms with E-state index in [1.807, 2.05) is 76.2 Å². The van der Waals surface area contributed by atoms with Gasteiger partial charge in [-0.3, -0.25) is 0 Å². The molecule has 1 aliphatic rings. The van der Waals surface area contributed by atoms with E-state index < -0.39 is 41.2 Å². The summed E-state index contributed by atoms with van der Waals surface area (Å²) in [6.45, 7) is 7.64. The van der Waals surface area contributed by atoms with Crippen LogP contribution in [0.25, 0.3) is 0 Å². The van der Waals surface area contributed by atoms with Crippen molar-refractivity contribution in [3.8, 4) is 0 Å². The number of aryl methyl sites for hydroxylation is 4. The second kappa shape index (κ2) is 21.3. The third-order valence-electron chi connectivity index (χ3n) is 11.1. The van der Waals surface area contributed by atoms with Crippen molar-refractivity contribution < 1.29 is 18.2 Å². The molecule has 0 spiro atoms. The highest BCUT2D eigenvalue weighted by Gasteiger charge is 2.32. The van der Waals surface area contributed by atoms with Crippen LogP contribution in [-0.4, -0.2) is 41.6 Å². The predicted octanol–water partition coefficient (Wildman–Crippen LogP) is 12.8. The Bertz CT molecular complexity index is 3120. The fraction of sp³-hybridized carbons (Fsp3) is 0.0714. The second-order valence-electron chi connectivity index (χ2n) is 16.7. The second-order valence-corrected chi connectivity index (χ2v) is 24.0. The highest BCUT2D eigenvalue weighted by atomic mass is 32.3. The van der Waals surface area contributed by atoms with E-state index >= 15 is 18.2 Å². The molecule has 4 unspecified atom stereocenters. The minimum atomic E-state index is -4.16. The van der Waals surface area contributed by atoms with Crippen molar-refractivity contribution >= 4 is 64.5 Å². The SMILES string of the molecule is Cc1ccc(/C2=N/[S+]([O-])(c3ccccc3)=NC(/c3ccc(C)cc3)=N/[S+]([O-])(c3ccccc3)=NC(/c3ccc(C)cc3)=N/[S+]([O-])(c3ccccc3)=NC(/c3ccc(C)cc3)=N/[S+]([O-])(c3ccccc3)=N2)cc1. The van der Waals surface area contributed by atoms with E-state index in [2.05, 4.69) is 0 Å². The number of hydrogen-bond donors (Lipinski definition) is 0. The number of amidine groups is 4. The molecular weight excluding hydrogens is 977 g/mol. The fourth-order valence-corrected chi connectivity index (χ4v) is 13.4. The Kier molecular flexibility index (Phi) is 14.7. The van der Waals surface area contributed by atoms with Crippen molar-refractivity contribution in [2.75, 3.05) is 0 Å². The summed E-state index contributed by atoms with van der Waals surface area (Å²) in [4.78, 5) is 0.568. The third-order valence-corrected chi connectivity index (χ3v) is 18.0. The monoisotopic (exact) mass is 1020 g/mol. The van der Waals surface area contributed by atoms with Gasteiger partial charge in [0.2, 0.25) is 0 Å². The van der Waals surface area contributed by atoms with Gasteiger partial charge in [0.15, 0.2) is 19.6 Å². The van der Waals surface area contributed by atoms with Crippen LogP contribution < -0.4 is 0 Å². The fourth-order valence-electron chi connectivity index (χ4n) is 7.13. The van der Waals surface area contributed by atoms with Gasteiger partial charge < -0.3 is 18.2 Å². The zero-order chi connectivity index (χ0) is 50.4. The smallest absolute Gasteiger partial charge is 0.256 e. The summed E-state index contributed by atoms with van der Waals surface area (Å²) in [5.41, 5.74) is 4.90. The van der Waals surface area contributed by atoms with E-state index in [0.29, 0.717) is 22.3 Å². The predicted molar refractivity (Wildman–Crippen MR) is 292 cm³/mol. The standard InChI is InChI=1S/C56H48N8O4S4/c1-41-25-33-45(34-26-41)53-57-69(65,49-17-9-5-10-18-49)59-54(46-35-27-42(2)28-36-46)61-71(67,51-21-13-7-14-22-51)63-56(48-39-31-44(4)32-40-48)64-72(68,52-23-15-8-16-24-52)62-55(47-37-29-43(3)30-38-47)60-70(66,58-53)50-19-11-6-12-20-50/h5-40H,1-4H3. The molecular formula is C56H48N8O4S4. The first-order chi connectivity index (χ1) is 34.7.